The Morgan fingerprint density at radius 3 is 2.48 bits per heavy atom. The molecule has 0 aliphatic heterocycles. The summed E-state index contributed by atoms with van der Waals surface area (Å²) in [7, 11) is 0. The topological polar surface area (TPSA) is 81.8 Å². The summed E-state index contributed by atoms with van der Waals surface area (Å²) < 4.78 is 10.9. The predicted molar refractivity (Wildman–Crippen MR) is 76.5 cm³/mol. The van der Waals surface area contributed by atoms with Gasteiger partial charge in [-0.2, -0.15) is 0 Å². The predicted octanol–water partition coefficient (Wildman–Crippen LogP) is 2.54. The number of nitro benzene ring substituents is 1. The van der Waals surface area contributed by atoms with Crippen LogP contribution in [0.5, 0.6) is 11.5 Å². The van der Waals surface area contributed by atoms with Crippen LogP contribution in [0.2, 0.25) is 0 Å². The number of hydrogen-bond acceptors (Lipinski definition) is 5. The maximum atomic E-state index is 10.8. The van der Waals surface area contributed by atoms with Crippen LogP contribution in [0, 0.1) is 10.1 Å². The number of rotatable bonds is 7. The number of hydrogen-bond donors (Lipinski definition) is 1. The number of aliphatic hydroxyl groups is 1. The van der Waals surface area contributed by atoms with E-state index in [2.05, 4.69) is 0 Å². The van der Waals surface area contributed by atoms with Gasteiger partial charge in [0.15, 0.2) is 11.5 Å². The van der Waals surface area contributed by atoms with Gasteiger partial charge in [-0.25, -0.2) is 0 Å². The second-order valence-electron chi connectivity index (χ2n) is 4.23. The molecular weight excluding hydrogens is 274 g/mol. The van der Waals surface area contributed by atoms with Gasteiger partial charge in [-0.3, -0.25) is 10.1 Å². The first-order valence-corrected chi connectivity index (χ1v) is 6.39. The zero-order chi connectivity index (χ0) is 15.1. The molecular formula is C15H15NO5. The van der Waals surface area contributed by atoms with Crippen molar-refractivity contribution in [1.29, 1.82) is 0 Å². The molecule has 0 aliphatic carbocycles. The van der Waals surface area contributed by atoms with Crippen LogP contribution in [-0.2, 0) is 6.61 Å². The highest BCUT2D eigenvalue weighted by atomic mass is 16.6. The molecule has 6 heteroatoms. The van der Waals surface area contributed by atoms with Crippen LogP contribution in [0.15, 0.2) is 48.5 Å². The molecule has 0 saturated heterocycles. The smallest absolute Gasteiger partial charge is 0.273 e. The third-order valence-electron chi connectivity index (χ3n) is 2.72. The lowest BCUT2D eigenvalue weighted by Crippen LogP contribution is -2.04. The summed E-state index contributed by atoms with van der Waals surface area (Å²) in [5.41, 5.74) is 0.867. The average molecular weight is 289 g/mol. The zero-order valence-corrected chi connectivity index (χ0v) is 11.3. The SMILES string of the molecule is O=[N+]([O-])c1ccc(OCCO)c(OCc2ccccc2)c1. The van der Waals surface area contributed by atoms with E-state index in [1.54, 1.807) is 0 Å². The zero-order valence-electron chi connectivity index (χ0n) is 11.3. The highest BCUT2D eigenvalue weighted by Crippen LogP contribution is 2.32. The van der Waals surface area contributed by atoms with Gasteiger partial charge in [0.1, 0.15) is 13.2 Å². The van der Waals surface area contributed by atoms with Gasteiger partial charge in [-0.05, 0) is 11.6 Å². The molecule has 2 aromatic rings. The van der Waals surface area contributed by atoms with E-state index >= 15 is 0 Å². The molecule has 2 aromatic carbocycles. The Balaban J connectivity index is 2.17. The Bertz CT molecular complexity index is 600. The van der Waals surface area contributed by atoms with Gasteiger partial charge in [-0.1, -0.05) is 30.3 Å². The molecule has 2 rings (SSSR count). The van der Waals surface area contributed by atoms with Gasteiger partial charge in [0, 0.05) is 6.07 Å². The van der Waals surface area contributed by atoms with Crippen molar-refractivity contribution in [1.82, 2.24) is 0 Å². The maximum Gasteiger partial charge on any atom is 0.273 e. The highest BCUT2D eigenvalue weighted by molar-refractivity contribution is 5.48. The molecule has 0 saturated carbocycles. The Hall–Kier alpha value is -2.60. The number of benzene rings is 2. The number of non-ortho nitro benzene ring substituents is 1. The van der Waals surface area contributed by atoms with E-state index in [9.17, 15) is 10.1 Å². The molecule has 6 nitrogen and oxygen atoms in total. The summed E-state index contributed by atoms with van der Waals surface area (Å²) in [6.07, 6.45) is 0. The van der Waals surface area contributed by atoms with Crippen LogP contribution in [0.4, 0.5) is 5.69 Å². The van der Waals surface area contributed by atoms with Crippen molar-refractivity contribution in [3.8, 4) is 11.5 Å². The molecule has 110 valence electrons. The van der Waals surface area contributed by atoms with Crippen LogP contribution in [-0.4, -0.2) is 23.2 Å². The first-order chi connectivity index (χ1) is 10.2. The lowest BCUT2D eigenvalue weighted by Gasteiger charge is -2.12. The Morgan fingerprint density at radius 2 is 1.81 bits per heavy atom. The maximum absolute atomic E-state index is 10.8. The van der Waals surface area contributed by atoms with Crippen LogP contribution in [0.3, 0.4) is 0 Å². The summed E-state index contributed by atoms with van der Waals surface area (Å²) in [5, 5.41) is 19.6. The van der Waals surface area contributed by atoms with Crippen LogP contribution >= 0.6 is 0 Å². The summed E-state index contributed by atoms with van der Waals surface area (Å²) in [5.74, 6) is 0.645. The number of aliphatic hydroxyl groups excluding tert-OH is 1. The molecule has 0 aliphatic rings. The van der Waals surface area contributed by atoms with Crippen molar-refractivity contribution in [2.75, 3.05) is 13.2 Å². The van der Waals surface area contributed by atoms with E-state index in [1.165, 1.54) is 18.2 Å². The van der Waals surface area contributed by atoms with Gasteiger partial charge >= 0.3 is 0 Å². The quantitative estimate of drug-likeness (QED) is 0.625. The fourth-order valence-corrected chi connectivity index (χ4v) is 1.73. The van der Waals surface area contributed by atoms with Gasteiger partial charge < -0.3 is 14.6 Å². The van der Waals surface area contributed by atoms with Crippen molar-refractivity contribution >= 4 is 5.69 Å². The fraction of sp³-hybridized carbons (Fsp3) is 0.200. The van der Waals surface area contributed by atoms with Crippen molar-refractivity contribution in [3.63, 3.8) is 0 Å². The van der Waals surface area contributed by atoms with Crippen molar-refractivity contribution < 1.29 is 19.5 Å². The molecule has 1 N–H and O–H groups in total. The average Bonchev–Trinajstić information content (AvgIpc) is 2.52. The number of nitro groups is 1. The minimum atomic E-state index is -0.495. The lowest BCUT2D eigenvalue weighted by molar-refractivity contribution is -0.385. The summed E-state index contributed by atoms with van der Waals surface area (Å²) in [4.78, 5) is 10.3. The Kier molecular flexibility index (Phi) is 5.11. The molecule has 0 heterocycles. The summed E-state index contributed by atoms with van der Waals surface area (Å²) >= 11 is 0. The summed E-state index contributed by atoms with van der Waals surface area (Å²) in [6.45, 7) is 0.228. The molecule has 0 radical (unpaired) electrons. The molecule has 0 amide bonds. The normalized spacial score (nSPS) is 10.1. The number of nitrogens with zero attached hydrogens (tertiary/aromatic N) is 1. The van der Waals surface area contributed by atoms with E-state index in [1.807, 2.05) is 30.3 Å². The second-order valence-corrected chi connectivity index (χ2v) is 4.23. The third-order valence-corrected chi connectivity index (χ3v) is 2.72. The van der Waals surface area contributed by atoms with Gasteiger partial charge in [0.05, 0.1) is 17.6 Å². The van der Waals surface area contributed by atoms with E-state index in [4.69, 9.17) is 14.6 Å². The Morgan fingerprint density at radius 1 is 1.05 bits per heavy atom. The van der Waals surface area contributed by atoms with Crippen molar-refractivity contribution in [3.05, 3.63) is 64.2 Å². The standard InChI is InChI=1S/C15H15NO5/c17-8-9-20-14-7-6-13(16(18)19)10-15(14)21-11-12-4-2-1-3-5-12/h1-7,10,17H,8-9,11H2. The van der Waals surface area contributed by atoms with Crippen LogP contribution < -0.4 is 9.47 Å². The lowest BCUT2D eigenvalue weighted by atomic mass is 10.2. The minimum absolute atomic E-state index is 0.0746. The second kappa shape index (κ2) is 7.25. The molecule has 0 aromatic heterocycles. The van der Waals surface area contributed by atoms with E-state index in [-0.39, 0.29) is 31.3 Å². The molecule has 0 bridgehead atoms. The van der Waals surface area contributed by atoms with Gasteiger partial charge in [0.2, 0.25) is 0 Å². The highest BCUT2D eigenvalue weighted by Gasteiger charge is 2.13. The van der Waals surface area contributed by atoms with E-state index in [0.717, 1.165) is 5.56 Å². The van der Waals surface area contributed by atoms with Crippen molar-refractivity contribution in [2.24, 2.45) is 0 Å². The summed E-state index contributed by atoms with van der Waals surface area (Å²) in [6, 6.07) is 13.6. The molecule has 0 fully saturated rings. The minimum Gasteiger partial charge on any atom is -0.487 e. The van der Waals surface area contributed by atoms with Gasteiger partial charge in [0.25, 0.3) is 5.69 Å². The Labute approximate surface area is 121 Å². The molecule has 21 heavy (non-hydrogen) atoms. The van der Waals surface area contributed by atoms with E-state index in [0.29, 0.717) is 5.75 Å². The van der Waals surface area contributed by atoms with Gasteiger partial charge in [-0.15, -0.1) is 0 Å². The first-order valence-electron chi connectivity index (χ1n) is 6.39. The van der Waals surface area contributed by atoms with Crippen molar-refractivity contribution in [2.45, 2.75) is 6.61 Å². The van der Waals surface area contributed by atoms with Crippen LogP contribution in [0.25, 0.3) is 0 Å². The van der Waals surface area contributed by atoms with Crippen LogP contribution in [0.1, 0.15) is 5.56 Å². The first kappa shape index (κ1) is 14.8. The molecule has 0 spiro atoms. The molecule has 0 atom stereocenters. The number of ether oxygens (including phenoxy) is 2. The fourth-order valence-electron chi connectivity index (χ4n) is 1.73. The third kappa shape index (κ3) is 4.19. The molecule has 0 unspecified atom stereocenters. The monoisotopic (exact) mass is 289 g/mol. The largest absolute Gasteiger partial charge is 0.487 e. The van der Waals surface area contributed by atoms with E-state index < -0.39 is 4.92 Å².